The van der Waals surface area contributed by atoms with Crippen molar-refractivity contribution in [3.63, 3.8) is 0 Å². The Kier molecular flexibility index (Phi) is 3.28. The summed E-state index contributed by atoms with van der Waals surface area (Å²) in [7, 11) is -5.70. The summed E-state index contributed by atoms with van der Waals surface area (Å²) in [5.41, 5.74) is -4.33. The van der Waals surface area contributed by atoms with Crippen LogP contribution in [-0.2, 0) is 21.3 Å². The quantitative estimate of drug-likeness (QED) is 0.410. The Balaban J connectivity index is 2.03. The number of alkyl halides is 3. The van der Waals surface area contributed by atoms with Gasteiger partial charge in [-0.1, -0.05) is 0 Å². The van der Waals surface area contributed by atoms with E-state index < -0.39 is 15.6 Å². The van der Waals surface area contributed by atoms with Crippen molar-refractivity contribution in [2.75, 3.05) is 0 Å². The molecule has 0 radical (unpaired) electrons. The number of fused-ring (bicyclic) bond motifs is 3. The summed E-state index contributed by atoms with van der Waals surface area (Å²) in [6.45, 7) is 0. The first-order chi connectivity index (χ1) is 9.62. The molecule has 2 aliphatic rings. The van der Waals surface area contributed by atoms with E-state index >= 15 is 0 Å². The molecule has 1 fully saturated rings. The fourth-order valence-electron chi connectivity index (χ4n) is 2.82. The van der Waals surface area contributed by atoms with Gasteiger partial charge in [0.05, 0.1) is 0 Å². The molecule has 3 rings (SSSR count). The topological polar surface area (TPSA) is 60.4 Å². The van der Waals surface area contributed by atoms with E-state index in [1.807, 2.05) is 22.6 Å². The van der Waals surface area contributed by atoms with Gasteiger partial charge in [-0.05, 0) is 46.7 Å². The lowest BCUT2D eigenvalue weighted by Crippen LogP contribution is -2.32. The monoisotopic (exact) mass is 432 g/mol. The van der Waals surface area contributed by atoms with Crippen LogP contribution in [0.25, 0.3) is 0 Å². The highest BCUT2D eigenvalue weighted by Gasteiger charge is 2.51. The van der Waals surface area contributed by atoms with E-state index in [1.165, 1.54) is 12.1 Å². The third-order valence-corrected chi connectivity index (χ3v) is 5.77. The summed E-state index contributed by atoms with van der Waals surface area (Å²) in [4.78, 5) is 11.5. The SMILES string of the molecule is O=C1CC2c3c(I)ccc(OS(=O)(=O)C(F)(F)F)c3CC12. The molecule has 114 valence electrons. The number of carbonyl (C=O) groups is 1. The number of rotatable bonds is 2. The number of halogens is 4. The summed E-state index contributed by atoms with van der Waals surface area (Å²) in [5, 5.41) is 0. The van der Waals surface area contributed by atoms with Crippen molar-refractivity contribution in [1.29, 1.82) is 0 Å². The highest BCUT2D eigenvalue weighted by molar-refractivity contribution is 14.1. The Morgan fingerprint density at radius 1 is 1.19 bits per heavy atom. The van der Waals surface area contributed by atoms with Gasteiger partial charge in [-0.15, -0.1) is 0 Å². The van der Waals surface area contributed by atoms with Crippen LogP contribution in [0.15, 0.2) is 12.1 Å². The fraction of sp³-hybridized carbons (Fsp3) is 0.417. The first kappa shape index (κ1) is 15.1. The van der Waals surface area contributed by atoms with E-state index in [4.69, 9.17) is 0 Å². The maximum absolute atomic E-state index is 12.4. The van der Waals surface area contributed by atoms with E-state index in [9.17, 15) is 26.4 Å². The van der Waals surface area contributed by atoms with E-state index in [-0.39, 0.29) is 29.8 Å². The third kappa shape index (κ3) is 2.24. The van der Waals surface area contributed by atoms with Crippen molar-refractivity contribution in [3.8, 4) is 5.75 Å². The van der Waals surface area contributed by atoms with Gasteiger partial charge >= 0.3 is 15.6 Å². The van der Waals surface area contributed by atoms with Gasteiger partial charge < -0.3 is 4.18 Å². The highest BCUT2D eigenvalue weighted by atomic mass is 127. The zero-order valence-corrected chi connectivity index (χ0v) is 13.3. The summed E-state index contributed by atoms with van der Waals surface area (Å²) in [5.74, 6) is -0.565. The van der Waals surface area contributed by atoms with Gasteiger partial charge in [0, 0.05) is 27.4 Å². The van der Waals surface area contributed by atoms with Gasteiger partial charge in [0.25, 0.3) is 0 Å². The molecule has 0 saturated heterocycles. The first-order valence-electron chi connectivity index (χ1n) is 5.96. The number of carbonyl (C=O) groups excluding carboxylic acids is 1. The number of hydrogen-bond donors (Lipinski definition) is 0. The normalized spacial score (nSPS) is 24.3. The lowest BCUT2D eigenvalue weighted by atomic mass is 9.73. The van der Waals surface area contributed by atoms with Crippen molar-refractivity contribution in [1.82, 2.24) is 0 Å². The van der Waals surface area contributed by atoms with Crippen LogP contribution < -0.4 is 4.18 Å². The Hall–Kier alpha value is -0.840. The molecule has 0 spiro atoms. The summed E-state index contributed by atoms with van der Waals surface area (Å²) >= 11 is 2.02. The van der Waals surface area contributed by atoms with E-state index in [0.29, 0.717) is 12.0 Å². The predicted octanol–water partition coefficient (Wildman–Crippen LogP) is 2.75. The van der Waals surface area contributed by atoms with Crippen LogP contribution in [0.1, 0.15) is 23.5 Å². The maximum Gasteiger partial charge on any atom is 0.534 e. The molecule has 2 unspecified atom stereocenters. The molecule has 1 aromatic rings. The standard InChI is InChI=1S/C12H8F3IO4S/c13-12(14,15)21(18,19)20-10-2-1-8(16)11-6-4-9(17)5(6)3-7(10)11/h1-2,5-6H,3-4H2. The first-order valence-corrected chi connectivity index (χ1v) is 8.45. The maximum atomic E-state index is 12.4. The van der Waals surface area contributed by atoms with E-state index in [0.717, 1.165) is 9.13 Å². The molecule has 4 nitrogen and oxygen atoms in total. The van der Waals surface area contributed by atoms with Gasteiger partial charge in [0.1, 0.15) is 11.5 Å². The molecule has 0 bridgehead atoms. The van der Waals surface area contributed by atoms with Gasteiger partial charge in [0.2, 0.25) is 0 Å². The second-order valence-corrected chi connectivity index (χ2v) is 7.71. The minimum atomic E-state index is -5.70. The molecule has 0 aromatic heterocycles. The predicted molar refractivity (Wildman–Crippen MR) is 74.3 cm³/mol. The van der Waals surface area contributed by atoms with Crippen LogP contribution in [0.3, 0.4) is 0 Å². The molecule has 9 heteroatoms. The van der Waals surface area contributed by atoms with Crippen molar-refractivity contribution in [2.45, 2.75) is 24.3 Å². The largest absolute Gasteiger partial charge is 0.534 e. The molecule has 2 atom stereocenters. The molecule has 0 N–H and O–H groups in total. The molecule has 1 saturated carbocycles. The lowest BCUT2D eigenvalue weighted by Gasteiger charge is -2.29. The summed E-state index contributed by atoms with van der Waals surface area (Å²) in [6, 6.07) is 2.71. The van der Waals surface area contributed by atoms with Gasteiger partial charge in [-0.3, -0.25) is 4.79 Å². The smallest absolute Gasteiger partial charge is 0.376 e. The average molecular weight is 432 g/mol. The van der Waals surface area contributed by atoms with Crippen molar-refractivity contribution in [3.05, 3.63) is 26.8 Å². The number of Topliss-reactive ketones (excluding diaryl/α,β-unsaturated/α-hetero) is 1. The molecule has 0 aliphatic heterocycles. The minimum absolute atomic E-state index is 0.0310. The second kappa shape index (κ2) is 4.58. The molecule has 0 heterocycles. The summed E-state index contributed by atoms with van der Waals surface area (Å²) in [6.07, 6.45) is 0.585. The Morgan fingerprint density at radius 3 is 2.43 bits per heavy atom. The fourth-order valence-corrected chi connectivity index (χ4v) is 4.22. The zero-order chi connectivity index (χ0) is 15.6. The van der Waals surface area contributed by atoms with Crippen LogP contribution in [0, 0.1) is 9.49 Å². The van der Waals surface area contributed by atoms with Crippen LogP contribution in [0.4, 0.5) is 13.2 Å². The molecule has 2 aliphatic carbocycles. The molecule has 1 aromatic carbocycles. The minimum Gasteiger partial charge on any atom is -0.376 e. The third-order valence-electron chi connectivity index (χ3n) is 3.86. The summed E-state index contributed by atoms with van der Waals surface area (Å²) < 4.78 is 64.6. The zero-order valence-electron chi connectivity index (χ0n) is 10.3. The van der Waals surface area contributed by atoms with E-state index in [2.05, 4.69) is 4.18 Å². The van der Waals surface area contributed by atoms with Crippen LogP contribution in [0.2, 0.25) is 0 Å². The van der Waals surface area contributed by atoms with E-state index in [1.54, 1.807) is 0 Å². The number of ketones is 1. The Morgan fingerprint density at radius 2 is 1.86 bits per heavy atom. The molecule has 21 heavy (non-hydrogen) atoms. The van der Waals surface area contributed by atoms with Crippen molar-refractivity contribution >= 4 is 38.5 Å². The van der Waals surface area contributed by atoms with Crippen LogP contribution in [-0.4, -0.2) is 19.7 Å². The molecular weight excluding hydrogens is 424 g/mol. The van der Waals surface area contributed by atoms with Gasteiger partial charge in [-0.2, -0.15) is 21.6 Å². The van der Waals surface area contributed by atoms with Crippen LogP contribution in [0.5, 0.6) is 5.75 Å². The van der Waals surface area contributed by atoms with Crippen molar-refractivity contribution < 1.29 is 30.6 Å². The lowest BCUT2D eigenvalue weighted by molar-refractivity contribution is -0.130. The number of hydrogen-bond acceptors (Lipinski definition) is 4. The highest BCUT2D eigenvalue weighted by Crippen LogP contribution is 2.53. The second-order valence-electron chi connectivity index (χ2n) is 5.01. The Labute approximate surface area is 131 Å². The Bertz CT molecular complexity index is 742. The van der Waals surface area contributed by atoms with Gasteiger partial charge in [0.15, 0.2) is 0 Å². The molecular formula is C12H8F3IO4S. The number of benzene rings is 1. The van der Waals surface area contributed by atoms with Crippen LogP contribution >= 0.6 is 22.6 Å². The van der Waals surface area contributed by atoms with Gasteiger partial charge in [-0.25, -0.2) is 0 Å². The van der Waals surface area contributed by atoms with Crippen molar-refractivity contribution in [2.24, 2.45) is 5.92 Å². The average Bonchev–Trinajstić information content (AvgIpc) is 2.66. The molecule has 0 amide bonds.